The number of hydrogen-bond donors (Lipinski definition) is 1. The third kappa shape index (κ3) is 0.807. The molecule has 0 saturated heterocycles. The van der Waals surface area contributed by atoms with Crippen LogP contribution in [0.1, 0.15) is 27.2 Å². The molecule has 0 heterocycles. The number of rotatable bonds is 1. The number of aliphatic hydroxyl groups is 1. The number of hydrogen-bond acceptors (Lipinski definition) is 1. The minimum Gasteiger partial charge on any atom is -0.389 e. The van der Waals surface area contributed by atoms with Crippen molar-refractivity contribution < 1.29 is 5.11 Å². The molecule has 1 saturated carbocycles. The first-order valence-electron chi connectivity index (χ1n) is 4.43. The summed E-state index contributed by atoms with van der Waals surface area (Å²) < 4.78 is 0. The first kappa shape index (κ1) is 7.35. The molecule has 0 bridgehead atoms. The highest BCUT2D eigenvalue weighted by Gasteiger charge is 2.61. The van der Waals surface area contributed by atoms with E-state index in [0.29, 0.717) is 11.3 Å². The second-order valence-electron chi connectivity index (χ2n) is 4.52. The van der Waals surface area contributed by atoms with Gasteiger partial charge in [0.1, 0.15) is 0 Å². The minimum absolute atomic E-state index is 0.216. The van der Waals surface area contributed by atoms with Gasteiger partial charge in [0, 0.05) is 0 Å². The van der Waals surface area contributed by atoms with Gasteiger partial charge in [-0.2, -0.15) is 0 Å². The highest BCUT2D eigenvalue weighted by Crippen LogP contribution is 2.67. The van der Waals surface area contributed by atoms with Gasteiger partial charge >= 0.3 is 0 Å². The minimum atomic E-state index is -0.216. The summed E-state index contributed by atoms with van der Waals surface area (Å²) in [5.74, 6) is 1.54. The van der Waals surface area contributed by atoms with Gasteiger partial charge in [0.15, 0.2) is 0 Å². The zero-order valence-electron chi connectivity index (χ0n) is 7.46. The summed E-state index contributed by atoms with van der Waals surface area (Å²) in [7, 11) is 0. The molecule has 0 aliphatic heterocycles. The summed E-state index contributed by atoms with van der Waals surface area (Å²) in [4.78, 5) is 0. The Balaban J connectivity index is 2.17. The quantitative estimate of drug-likeness (QED) is 0.569. The molecule has 0 amide bonds. The van der Waals surface area contributed by atoms with Gasteiger partial charge in [-0.1, -0.05) is 19.9 Å². The van der Waals surface area contributed by atoms with Gasteiger partial charge in [-0.15, -0.1) is 0 Å². The monoisotopic (exact) mass is 152 g/mol. The second kappa shape index (κ2) is 1.89. The molecule has 1 N–H and O–H groups in total. The number of allylic oxidation sites excluding steroid dienone is 1. The molecule has 0 radical (unpaired) electrons. The van der Waals surface area contributed by atoms with E-state index < -0.39 is 0 Å². The van der Waals surface area contributed by atoms with E-state index in [4.69, 9.17) is 0 Å². The number of aliphatic hydroxyl groups excluding tert-OH is 1. The van der Waals surface area contributed by atoms with Gasteiger partial charge in [-0.25, -0.2) is 0 Å². The van der Waals surface area contributed by atoms with Gasteiger partial charge in [-0.05, 0) is 36.2 Å². The smallest absolute Gasteiger partial charge is 0.0724 e. The standard InChI is InChI=1S/C10H16O/c1-6(11)7-4-5-8-9(7)10(8,2)3/h4,6,8-9,11H,5H2,1-3H3/t6-,8+,9-/m0/s1. The zero-order valence-corrected chi connectivity index (χ0v) is 7.46. The maximum atomic E-state index is 9.41. The molecule has 0 aromatic rings. The summed E-state index contributed by atoms with van der Waals surface area (Å²) >= 11 is 0. The van der Waals surface area contributed by atoms with Crippen molar-refractivity contribution in [3.8, 4) is 0 Å². The van der Waals surface area contributed by atoms with Crippen LogP contribution in [0, 0.1) is 17.3 Å². The average Bonchev–Trinajstić information content (AvgIpc) is 2.34. The van der Waals surface area contributed by atoms with Gasteiger partial charge in [0.25, 0.3) is 0 Å². The van der Waals surface area contributed by atoms with E-state index >= 15 is 0 Å². The molecule has 2 aliphatic carbocycles. The zero-order chi connectivity index (χ0) is 8.22. The van der Waals surface area contributed by atoms with E-state index in [2.05, 4.69) is 19.9 Å². The van der Waals surface area contributed by atoms with Gasteiger partial charge in [-0.3, -0.25) is 0 Å². The van der Waals surface area contributed by atoms with Crippen LogP contribution in [0.4, 0.5) is 0 Å². The van der Waals surface area contributed by atoms with Crippen molar-refractivity contribution in [2.75, 3.05) is 0 Å². The van der Waals surface area contributed by atoms with Crippen LogP contribution in [0.15, 0.2) is 11.6 Å². The average molecular weight is 152 g/mol. The van der Waals surface area contributed by atoms with Crippen molar-refractivity contribution >= 4 is 0 Å². The molecule has 0 aromatic carbocycles. The molecule has 1 fully saturated rings. The van der Waals surface area contributed by atoms with Crippen LogP contribution in [-0.2, 0) is 0 Å². The van der Waals surface area contributed by atoms with Gasteiger partial charge in [0.05, 0.1) is 6.10 Å². The maximum Gasteiger partial charge on any atom is 0.0724 e. The molecule has 1 heteroatoms. The molecule has 0 aromatic heterocycles. The summed E-state index contributed by atoms with van der Waals surface area (Å²) in [6, 6.07) is 0. The Morgan fingerprint density at radius 3 is 2.55 bits per heavy atom. The Bertz CT molecular complexity index is 213. The van der Waals surface area contributed by atoms with E-state index in [1.165, 1.54) is 12.0 Å². The van der Waals surface area contributed by atoms with E-state index in [9.17, 15) is 5.11 Å². The topological polar surface area (TPSA) is 20.2 Å². The van der Waals surface area contributed by atoms with Crippen molar-refractivity contribution in [3.63, 3.8) is 0 Å². The summed E-state index contributed by atoms with van der Waals surface area (Å²) in [5, 5.41) is 9.41. The lowest BCUT2D eigenvalue weighted by Gasteiger charge is -2.11. The lowest BCUT2D eigenvalue weighted by molar-refractivity contribution is 0.222. The molecule has 0 spiro atoms. The van der Waals surface area contributed by atoms with Crippen LogP contribution in [-0.4, -0.2) is 11.2 Å². The first-order chi connectivity index (χ1) is 5.05. The van der Waals surface area contributed by atoms with Gasteiger partial charge < -0.3 is 5.11 Å². The van der Waals surface area contributed by atoms with E-state index in [1.54, 1.807) is 0 Å². The second-order valence-corrected chi connectivity index (χ2v) is 4.52. The van der Waals surface area contributed by atoms with Crippen molar-refractivity contribution in [2.45, 2.75) is 33.3 Å². The maximum absolute atomic E-state index is 9.41. The fourth-order valence-electron chi connectivity index (χ4n) is 2.67. The molecular formula is C10H16O. The Hall–Kier alpha value is -0.300. The highest BCUT2D eigenvalue weighted by atomic mass is 16.3. The summed E-state index contributed by atoms with van der Waals surface area (Å²) in [5.41, 5.74) is 1.78. The third-order valence-corrected chi connectivity index (χ3v) is 3.50. The lowest BCUT2D eigenvalue weighted by atomic mass is 9.98. The van der Waals surface area contributed by atoms with Crippen molar-refractivity contribution in [3.05, 3.63) is 11.6 Å². The molecular weight excluding hydrogens is 136 g/mol. The van der Waals surface area contributed by atoms with Gasteiger partial charge in [0.2, 0.25) is 0 Å². The molecule has 1 nitrogen and oxygen atoms in total. The molecule has 0 unspecified atom stereocenters. The van der Waals surface area contributed by atoms with Crippen LogP contribution in [0.2, 0.25) is 0 Å². The van der Waals surface area contributed by atoms with Crippen LogP contribution in [0.3, 0.4) is 0 Å². The Morgan fingerprint density at radius 1 is 1.64 bits per heavy atom. The van der Waals surface area contributed by atoms with Crippen LogP contribution in [0.5, 0.6) is 0 Å². The van der Waals surface area contributed by atoms with E-state index in [-0.39, 0.29) is 6.10 Å². The summed E-state index contributed by atoms with van der Waals surface area (Å²) in [6.07, 6.45) is 3.20. The fraction of sp³-hybridized carbons (Fsp3) is 0.800. The SMILES string of the molecule is C[C@H](O)C1=CC[C@@H]2[C@H]1C2(C)C. The Morgan fingerprint density at radius 2 is 2.27 bits per heavy atom. The normalized spacial score (nSPS) is 41.3. The Labute approximate surface area is 68.1 Å². The van der Waals surface area contributed by atoms with E-state index in [0.717, 1.165) is 5.92 Å². The third-order valence-electron chi connectivity index (χ3n) is 3.50. The number of fused-ring (bicyclic) bond motifs is 1. The van der Waals surface area contributed by atoms with Crippen LogP contribution >= 0.6 is 0 Å². The molecule has 2 rings (SSSR count). The van der Waals surface area contributed by atoms with E-state index in [1.807, 2.05) is 6.92 Å². The first-order valence-corrected chi connectivity index (χ1v) is 4.43. The van der Waals surface area contributed by atoms with Crippen molar-refractivity contribution in [1.29, 1.82) is 0 Å². The fourth-order valence-corrected chi connectivity index (χ4v) is 2.67. The highest BCUT2D eigenvalue weighted by molar-refractivity contribution is 5.32. The molecule has 3 atom stereocenters. The largest absolute Gasteiger partial charge is 0.389 e. The molecule has 2 aliphatic rings. The Kier molecular flexibility index (Phi) is 1.26. The van der Waals surface area contributed by atoms with Crippen LogP contribution in [0.25, 0.3) is 0 Å². The summed E-state index contributed by atoms with van der Waals surface area (Å²) in [6.45, 7) is 6.48. The molecule has 11 heavy (non-hydrogen) atoms. The lowest BCUT2D eigenvalue weighted by Crippen LogP contribution is -2.08. The van der Waals surface area contributed by atoms with Crippen molar-refractivity contribution in [2.24, 2.45) is 17.3 Å². The molecule has 62 valence electrons. The van der Waals surface area contributed by atoms with Crippen molar-refractivity contribution in [1.82, 2.24) is 0 Å². The van der Waals surface area contributed by atoms with Crippen LogP contribution < -0.4 is 0 Å². The predicted octanol–water partition coefficient (Wildman–Crippen LogP) is 1.97. The predicted molar refractivity (Wildman–Crippen MR) is 45.1 cm³/mol.